The topological polar surface area (TPSA) is 71.9 Å². The molecule has 1 aromatic carbocycles. The maximum Gasteiger partial charge on any atom is 0.265 e. The second-order valence-electron chi connectivity index (χ2n) is 7.75. The van der Waals surface area contributed by atoms with Crippen molar-refractivity contribution in [1.29, 1.82) is 0 Å². The lowest BCUT2D eigenvalue weighted by atomic mass is 9.79. The summed E-state index contributed by atoms with van der Waals surface area (Å²) in [6.07, 6.45) is 4.13. The van der Waals surface area contributed by atoms with Crippen molar-refractivity contribution in [2.45, 2.75) is 37.8 Å². The van der Waals surface area contributed by atoms with E-state index in [1.54, 1.807) is 13.3 Å². The van der Waals surface area contributed by atoms with Crippen LogP contribution in [0.4, 0.5) is 0 Å². The van der Waals surface area contributed by atoms with Gasteiger partial charge in [-0.25, -0.2) is 4.98 Å². The third-order valence-electron chi connectivity index (χ3n) is 5.93. The Morgan fingerprint density at radius 3 is 2.89 bits per heavy atom. The second kappa shape index (κ2) is 7.81. The molecule has 0 spiro atoms. The van der Waals surface area contributed by atoms with E-state index >= 15 is 0 Å². The van der Waals surface area contributed by atoms with E-state index in [0.717, 1.165) is 29.2 Å². The molecular formula is C21H26N2O4S. The van der Waals surface area contributed by atoms with Gasteiger partial charge >= 0.3 is 0 Å². The van der Waals surface area contributed by atoms with Gasteiger partial charge in [0.25, 0.3) is 5.91 Å². The van der Waals surface area contributed by atoms with E-state index < -0.39 is 5.60 Å². The molecule has 4 rings (SSSR count). The summed E-state index contributed by atoms with van der Waals surface area (Å²) < 4.78 is 10.8. The van der Waals surface area contributed by atoms with E-state index in [2.05, 4.69) is 4.98 Å². The molecule has 2 aliphatic rings. The predicted octanol–water partition coefficient (Wildman–Crippen LogP) is 3.21. The van der Waals surface area contributed by atoms with Crippen LogP contribution in [0.5, 0.6) is 5.75 Å². The Morgan fingerprint density at radius 1 is 1.39 bits per heavy atom. The lowest BCUT2D eigenvalue weighted by Gasteiger charge is -2.43. The summed E-state index contributed by atoms with van der Waals surface area (Å²) >= 11 is 1.41. The molecule has 2 fully saturated rings. The Morgan fingerprint density at radius 2 is 2.18 bits per heavy atom. The van der Waals surface area contributed by atoms with Gasteiger partial charge in [0.15, 0.2) is 0 Å². The first-order valence-electron chi connectivity index (χ1n) is 9.71. The van der Waals surface area contributed by atoms with Crippen LogP contribution in [0, 0.1) is 5.92 Å². The Bertz CT molecular complexity index is 833. The molecule has 0 saturated carbocycles. The maximum atomic E-state index is 13.2. The van der Waals surface area contributed by atoms with E-state index in [0.29, 0.717) is 31.1 Å². The van der Waals surface area contributed by atoms with Gasteiger partial charge in [0.2, 0.25) is 0 Å². The number of hydrogen-bond donors (Lipinski definition) is 1. The van der Waals surface area contributed by atoms with Gasteiger partial charge in [-0.1, -0.05) is 0 Å². The van der Waals surface area contributed by atoms with Crippen LogP contribution in [0.15, 0.2) is 30.5 Å². The number of nitrogens with zero attached hydrogens (tertiary/aromatic N) is 2. The van der Waals surface area contributed by atoms with Crippen LogP contribution >= 0.6 is 11.3 Å². The minimum atomic E-state index is -0.798. The third-order valence-corrected chi connectivity index (χ3v) is 6.96. The van der Waals surface area contributed by atoms with Gasteiger partial charge in [-0.05, 0) is 50.5 Å². The fourth-order valence-electron chi connectivity index (χ4n) is 4.22. The predicted molar refractivity (Wildman–Crippen MR) is 108 cm³/mol. The smallest absolute Gasteiger partial charge is 0.265 e. The molecule has 0 radical (unpaired) electrons. The normalized spacial score (nSPS) is 27.8. The van der Waals surface area contributed by atoms with E-state index in [9.17, 15) is 9.90 Å². The van der Waals surface area contributed by atoms with Crippen LogP contribution < -0.4 is 4.74 Å². The number of aromatic nitrogens is 1. The highest BCUT2D eigenvalue weighted by atomic mass is 32.1. The first-order valence-corrected chi connectivity index (χ1v) is 10.5. The number of thiazole rings is 1. The van der Waals surface area contributed by atoms with Crippen LogP contribution in [0.1, 0.15) is 35.9 Å². The van der Waals surface area contributed by atoms with Crippen LogP contribution in [0.3, 0.4) is 0 Å². The van der Waals surface area contributed by atoms with E-state index in [1.807, 2.05) is 36.1 Å². The number of carbonyl (C=O) groups excluding carboxylic acids is 1. The summed E-state index contributed by atoms with van der Waals surface area (Å²) in [4.78, 5) is 20.2. The van der Waals surface area contributed by atoms with Gasteiger partial charge in [0.05, 0.1) is 25.5 Å². The minimum Gasteiger partial charge on any atom is -0.497 e. The van der Waals surface area contributed by atoms with Crippen molar-refractivity contribution in [2.75, 3.05) is 26.9 Å². The summed E-state index contributed by atoms with van der Waals surface area (Å²) in [6.45, 7) is 3.66. The summed E-state index contributed by atoms with van der Waals surface area (Å²) in [5.41, 5.74) is 0.166. The first-order chi connectivity index (χ1) is 13.5. The van der Waals surface area contributed by atoms with Gasteiger partial charge in [0, 0.05) is 30.7 Å². The monoisotopic (exact) mass is 402 g/mol. The molecule has 2 saturated heterocycles. The van der Waals surface area contributed by atoms with E-state index in [-0.39, 0.29) is 17.9 Å². The molecule has 1 amide bonds. The zero-order valence-electron chi connectivity index (χ0n) is 16.3. The van der Waals surface area contributed by atoms with Crippen LogP contribution in [-0.4, -0.2) is 59.4 Å². The van der Waals surface area contributed by atoms with Gasteiger partial charge < -0.3 is 19.5 Å². The van der Waals surface area contributed by atoms with Gasteiger partial charge in [-0.15, -0.1) is 11.3 Å². The molecule has 6 nitrogen and oxygen atoms in total. The molecule has 1 aromatic heterocycles. The largest absolute Gasteiger partial charge is 0.497 e. The Hall–Kier alpha value is -1.96. The summed E-state index contributed by atoms with van der Waals surface area (Å²) in [5, 5.41) is 11.6. The highest BCUT2D eigenvalue weighted by molar-refractivity contribution is 7.16. The molecule has 0 bridgehead atoms. The summed E-state index contributed by atoms with van der Waals surface area (Å²) in [7, 11) is 1.64. The van der Waals surface area contributed by atoms with Crippen molar-refractivity contribution in [3.8, 4) is 16.3 Å². The molecule has 2 aliphatic heterocycles. The number of rotatable bonds is 4. The number of ether oxygens (including phenoxy) is 2. The first kappa shape index (κ1) is 19.4. The number of benzene rings is 1. The number of methoxy groups -OCH3 is 1. The highest BCUT2D eigenvalue weighted by Crippen LogP contribution is 2.37. The highest BCUT2D eigenvalue weighted by Gasteiger charge is 2.45. The van der Waals surface area contributed by atoms with Crippen molar-refractivity contribution in [2.24, 2.45) is 5.92 Å². The van der Waals surface area contributed by atoms with Gasteiger partial charge in [-0.2, -0.15) is 0 Å². The van der Waals surface area contributed by atoms with Crippen molar-refractivity contribution in [3.05, 3.63) is 35.3 Å². The average Bonchev–Trinajstić information content (AvgIpc) is 3.37. The third kappa shape index (κ3) is 3.66. The number of hydrogen-bond acceptors (Lipinski definition) is 6. The fraction of sp³-hybridized carbons (Fsp3) is 0.524. The number of amides is 1. The lowest BCUT2D eigenvalue weighted by Crippen LogP contribution is -2.53. The van der Waals surface area contributed by atoms with Gasteiger partial charge in [-0.3, -0.25) is 4.79 Å². The molecule has 150 valence electrons. The molecule has 28 heavy (non-hydrogen) atoms. The minimum absolute atomic E-state index is 0.00105. The zero-order chi connectivity index (χ0) is 19.7. The van der Waals surface area contributed by atoms with Crippen molar-refractivity contribution in [1.82, 2.24) is 9.88 Å². The van der Waals surface area contributed by atoms with E-state index in [1.165, 1.54) is 11.3 Å². The van der Waals surface area contributed by atoms with Crippen LogP contribution in [-0.2, 0) is 4.74 Å². The van der Waals surface area contributed by atoms with Gasteiger partial charge in [0.1, 0.15) is 15.6 Å². The SMILES string of the molecule is COc1ccc(-c2ncc(C(=O)N3CCC[C@@H]3[C@@H]3COCC[C@@]3(C)O)s2)cc1. The Labute approximate surface area is 169 Å². The second-order valence-corrected chi connectivity index (χ2v) is 8.79. The molecule has 7 heteroatoms. The van der Waals surface area contributed by atoms with Crippen LogP contribution in [0.25, 0.3) is 10.6 Å². The van der Waals surface area contributed by atoms with Crippen molar-refractivity contribution < 1.29 is 19.4 Å². The molecule has 0 aliphatic carbocycles. The van der Waals surface area contributed by atoms with Crippen molar-refractivity contribution >= 4 is 17.2 Å². The molecule has 3 atom stereocenters. The molecule has 0 unspecified atom stereocenters. The number of carbonyl (C=O) groups is 1. The average molecular weight is 403 g/mol. The lowest BCUT2D eigenvalue weighted by molar-refractivity contribution is -0.119. The zero-order valence-corrected chi connectivity index (χ0v) is 17.1. The molecule has 1 N–H and O–H groups in total. The standard InChI is InChI=1S/C21H26N2O4S/c1-21(25)9-11-27-13-16(21)17-4-3-10-23(17)20(24)18-12-22-19(28-18)14-5-7-15(26-2)8-6-14/h5-8,12,16-17,25H,3-4,9-11,13H2,1-2H3/t16-,17+,21+/m0/s1. The number of likely N-dealkylation sites (tertiary alicyclic amines) is 1. The van der Waals surface area contributed by atoms with Crippen molar-refractivity contribution in [3.63, 3.8) is 0 Å². The van der Waals surface area contributed by atoms with Crippen LogP contribution in [0.2, 0.25) is 0 Å². The number of aliphatic hydroxyl groups is 1. The molecular weight excluding hydrogens is 376 g/mol. The van der Waals surface area contributed by atoms with E-state index in [4.69, 9.17) is 9.47 Å². The molecule has 3 heterocycles. The fourth-order valence-corrected chi connectivity index (χ4v) is 5.10. The molecule has 2 aromatic rings. The summed E-state index contributed by atoms with van der Waals surface area (Å²) in [6, 6.07) is 7.68. The Kier molecular flexibility index (Phi) is 5.40. The Balaban J connectivity index is 1.53. The maximum absolute atomic E-state index is 13.2. The summed E-state index contributed by atoms with van der Waals surface area (Å²) in [5.74, 6) is 0.737. The quantitative estimate of drug-likeness (QED) is 0.850.